The molecule has 1 heterocycles. The van der Waals surface area contributed by atoms with E-state index in [1.165, 1.54) is 41.4 Å². The third-order valence-corrected chi connectivity index (χ3v) is 5.28. The van der Waals surface area contributed by atoms with Crippen LogP contribution in [0.5, 0.6) is 0 Å². The van der Waals surface area contributed by atoms with Gasteiger partial charge in [0.25, 0.3) is 0 Å². The number of benzene rings is 1. The average Bonchev–Trinajstić information content (AvgIpc) is 2.95. The van der Waals surface area contributed by atoms with Crippen LogP contribution in [0.1, 0.15) is 36.4 Å². The molecule has 2 N–H and O–H groups in total. The Bertz CT molecular complexity index is 446. The highest BCUT2D eigenvalue weighted by molar-refractivity contribution is 9.10. The molecule has 1 aromatic carbocycles. The van der Waals surface area contributed by atoms with Crippen molar-refractivity contribution in [1.29, 1.82) is 0 Å². The van der Waals surface area contributed by atoms with Gasteiger partial charge in [-0.1, -0.05) is 28.1 Å². The van der Waals surface area contributed by atoms with Crippen molar-refractivity contribution in [2.45, 2.75) is 38.3 Å². The van der Waals surface area contributed by atoms with Gasteiger partial charge in [-0.2, -0.15) is 0 Å². The predicted octanol–water partition coefficient (Wildman–Crippen LogP) is 3.24. The zero-order chi connectivity index (χ0) is 12.7. The summed E-state index contributed by atoms with van der Waals surface area (Å²) >= 11 is 3.71. The monoisotopic (exact) mass is 308 g/mol. The molecular weight excluding hydrogens is 288 g/mol. The number of likely N-dealkylation sites (tertiary alicyclic amines) is 1. The number of rotatable bonds is 3. The van der Waals surface area contributed by atoms with E-state index in [1.807, 2.05) is 0 Å². The normalized spacial score (nSPS) is 28.8. The maximum Gasteiger partial charge on any atom is 0.0484 e. The second kappa shape index (κ2) is 4.95. The molecule has 3 atom stereocenters. The summed E-state index contributed by atoms with van der Waals surface area (Å²) in [6.45, 7) is 4.08. The Morgan fingerprint density at radius 3 is 2.83 bits per heavy atom. The van der Waals surface area contributed by atoms with Gasteiger partial charge >= 0.3 is 0 Å². The van der Waals surface area contributed by atoms with Gasteiger partial charge in [0, 0.05) is 29.6 Å². The van der Waals surface area contributed by atoms with Gasteiger partial charge in [0.15, 0.2) is 0 Å². The lowest BCUT2D eigenvalue weighted by molar-refractivity contribution is 0.152. The fourth-order valence-electron chi connectivity index (χ4n) is 3.69. The first-order valence-corrected chi connectivity index (χ1v) is 7.70. The molecule has 1 saturated carbocycles. The third kappa shape index (κ3) is 2.13. The second-order valence-electron chi connectivity index (χ2n) is 5.81. The predicted molar refractivity (Wildman–Crippen MR) is 78.5 cm³/mol. The lowest BCUT2D eigenvalue weighted by Gasteiger charge is -2.35. The van der Waals surface area contributed by atoms with Gasteiger partial charge in [0.1, 0.15) is 0 Å². The van der Waals surface area contributed by atoms with Crippen molar-refractivity contribution >= 4 is 15.9 Å². The first-order valence-electron chi connectivity index (χ1n) is 6.91. The Morgan fingerprint density at radius 1 is 1.44 bits per heavy atom. The number of fused-ring (bicyclic) bond motifs is 2. The quantitative estimate of drug-likeness (QED) is 0.929. The Labute approximate surface area is 118 Å². The maximum absolute atomic E-state index is 6.06. The van der Waals surface area contributed by atoms with Crippen molar-refractivity contribution in [3.8, 4) is 0 Å². The van der Waals surface area contributed by atoms with E-state index < -0.39 is 0 Å². The van der Waals surface area contributed by atoms with E-state index >= 15 is 0 Å². The van der Waals surface area contributed by atoms with Crippen molar-refractivity contribution in [3.05, 3.63) is 33.8 Å². The van der Waals surface area contributed by atoms with Crippen LogP contribution < -0.4 is 5.73 Å². The number of hydrogen-bond acceptors (Lipinski definition) is 2. The van der Waals surface area contributed by atoms with Gasteiger partial charge in [-0.3, -0.25) is 4.90 Å². The highest BCUT2D eigenvalue weighted by Gasteiger charge is 2.41. The number of piperidine rings is 1. The number of aryl methyl sites for hydroxylation is 1. The van der Waals surface area contributed by atoms with Crippen LogP contribution in [-0.2, 0) is 0 Å². The first-order chi connectivity index (χ1) is 8.69. The number of halogens is 1. The molecule has 2 fully saturated rings. The topological polar surface area (TPSA) is 29.3 Å². The molecule has 1 aromatic rings. The van der Waals surface area contributed by atoms with Crippen LogP contribution in [0.4, 0.5) is 0 Å². The van der Waals surface area contributed by atoms with Crippen molar-refractivity contribution in [2.24, 2.45) is 11.7 Å². The molecule has 98 valence electrons. The fourth-order valence-corrected chi connectivity index (χ4v) is 4.45. The van der Waals surface area contributed by atoms with Crippen molar-refractivity contribution in [3.63, 3.8) is 0 Å². The summed E-state index contributed by atoms with van der Waals surface area (Å²) in [6, 6.07) is 7.79. The van der Waals surface area contributed by atoms with E-state index in [-0.39, 0.29) is 0 Å². The van der Waals surface area contributed by atoms with Crippen LogP contribution in [0, 0.1) is 12.8 Å². The van der Waals surface area contributed by atoms with E-state index in [9.17, 15) is 0 Å². The molecule has 18 heavy (non-hydrogen) atoms. The molecule has 1 aliphatic heterocycles. The molecule has 0 aromatic heterocycles. The maximum atomic E-state index is 6.06. The minimum atomic E-state index is 0.385. The lowest BCUT2D eigenvalue weighted by atomic mass is 10.0. The van der Waals surface area contributed by atoms with Crippen LogP contribution in [-0.4, -0.2) is 24.0 Å². The first kappa shape index (κ1) is 12.6. The summed E-state index contributed by atoms with van der Waals surface area (Å²) in [5.74, 6) is 0.924. The molecule has 1 aliphatic carbocycles. The van der Waals surface area contributed by atoms with E-state index in [1.54, 1.807) is 0 Å². The Hall–Kier alpha value is -0.380. The number of hydrogen-bond donors (Lipinski definition) is 1. The van der Waals surface area contributed by atoms with Crippen LogP contribution in [0.2, 0.25) is 0 Å². The third-order valence-electron chi connectivity index (χ3n) is 4.59. The summed E-state index contributed by atoms with van der Waals surface area (Å²) in [7, 11) is 0. The van der Waals surface area contributed by atoms with Crippen LogP contribution in [0.15, 0.2) is 22.7 Å². The SMILES string of the molecule is Cc1ccc(C(CN)N2CC3CCC2C3)c(Br)c1. The largest absolute Gasteiger partial charge is 0.329 e. The van der Waals surface area contributed by atoms with E-state index in [0.29, 0.717) is 12.6 Å². The zero-order valence-electron chi connectivity index (χ0n) is 10.9. The fraction of sp³-hybridized carbons (Fsp3) is 0.600. The highest BCUT2D eigenvalue weighted by atomic mass is 79.9. The molecule has 0 spiro atoms. The van der Waals surface area contributed by atoms with Gasteiger partial charge in [-0.05, 0) is 49.3 Å². The zero-order valence-corrected chi connectivity index (χ0v) is 12.5. The van der Waals surface area contributed by atoms with Crippen LogP contribution in [0.25, 0.3) is 0 Å². The summed E-state index contributed by atoms with van der Waals surface area (Å²) in [5.41, 5.74) is 8.71. The summed E-state index contributed by atoms with van der Waals surface area (Å²) in [4.78, 5) is 2.64. The number of nitrogens with two attached hydrogens (primary N) is 1. The minimum absolute atomic E-state index is 0.385. The Kier molecular flexibility index (Phi) is 3.48. The van der Waals surface area contributed by atoms with E-state index in [2.05, 4.69) is 46.0 Å². The number of nitrogens with zero attached hydrogens (tertiary/aromatic N) is 1. The Balaban J connectivity index is 1.88. The molecule has 2 nitrogen and oxygen atoms in total. The van der Waals surface area contributed by atoms with Gasteiger partial charge in [-0.25, -0.2) is 0 Å². The van der Waals surface area contributed by atoms with Crippen molar-refractivity contribution < 1.29 is 0 Å². The molecule has 0 radical (unpaired) electrons. The lowest BCUT2D eigenvalue weighted by Crippen LogP contribution is -2.39. The van der Waals surface area contributed by atoms with Gasteiger partial charge in [0.05, 0.1) is 0 Å². The van der Waals surface area contributed by atoms with E-state index in [4.69, 9.17) is 5.73 Å². The molecule has 0 amide bonds. The van der Waals surface area contributed by atoms with Crippen LogP contribution in [0.3, 0.4) is 0 Å². The molecule has 2 aliphatic rings. The minimum Gasteiger partial charge on any atom is -0.329 e. The summed E-state index contributed by atoms with van der Waals surface area (Å²) in [5, 5.41) is 0. The summed E-state index contributed by atoms with van der Waals surface area (Å²) in [6.07, 6.45) is 4.18. The summed E-state index contributed by atoms with van der Waals surface area (Å²) < 4.78 is 1.21. The molecular formula is C15H21BrN2. The highest BCUT2D eigenvalue weighted by Crippen LogP contribution is 2.42. The molecule has 3 unspecified atom stereocenters. The standard InChI is InChI=1S/C15H21BrN2/c1-10-2-5-13(14(16)6-10)15(8-17)18-9-11-3-4-12(18)7-11/h2,5-6,11-12,15H,3-4,7-9,17H2,1H3. The van der Waals surface area contributed by atoms with E-state index in [0.717, 1.165) is 12.0 Å². The molecule has 3 rings (SSSR count). The van der Waals surface area contributed by atoms with Gasteiger partial charge in [0.2, 0.25) is 0 Å². The smallest absolute Gasteiger partial charge is 0.0484 e. The van der Waals surface area contributed by atoms with Crippen molar-refractivity contribution in [2.75, 3.05) is 13.1 Å². The molecule has 2 bridgehead atoms. The molecule has 3 heteroatoms. The average molecular weight is 309 g/mol. The van der Waals surface area contributed by atoms with Crippen molar-refractivity contribution in [1.82, 2.24) is 4.90 Å². The van der Waals surface area contributed by atoms with Gasteiger partial charge < -0.3 is 5.73 Å². The van der Waals surface area contributed by atoms with Gasteiger partial charge in [-0.15, -0.1) is 0 Å². The Morgan fingerprint density at radius 2 is 2.28 bits per heavy atom. The molecule has 1 saturated heterocycles. The van der Waals surface area contributed by atoms with Crippen LogP contribution >= 0.6 is 15.9 Å². The second-order valence-corrected chi connectivity index (χ2v) is 6.66.